The highest BCUT2D eigenvalue weighted by molar-refractivity contribution is 6.08. The van der Waals surface area contributed by atoms with Gasteiger partial charge in [0, 0.05) is 12.0 Å². The number of benzene rings is 3. The monoisotopic (exact) mass is 565 g/mol. The summed E-state index contributed by atoms with van der Waals surface area (Å²) in [6.07, 6.45) is 2.99. The van der Waals surface area contributed by atoms with Gasteiger partial charge in [-0.15, -0.1) is 0 Å². The fourth-order valence-electron chi connectivity index (χ4n) is 5.37. The van der Waals surface area contributed by atoms with Gasteiger partial charge in [-0.1, -0.05) is 59.7 Å². The number of nitrogens with zero attached hydrogens (tertiary/aromatic N) is 1. The van der Waals surface area contributed by atoms with E-state index in [-0.39, 0.29) is 29.5 Å². The van der Waals surface area contributed by atoms with Gasteiger partial charge in [0.25, 0.3) is 0 Å². The van der Waals surface area contributed by atoms with Crippen LogP contribution in [-0.4, -0.2) is 47.1 Å². The van der Waals surface area contributed by atoms with Crippen LogP contribution in [0.25, 0.3) is 0 Å². The van der Waals surface area contributed by atoms with Crippen molar-refractivity contribution in [2.24, 2.45) is 11.8 Å². The predicted molar refractivity (Wildman–Crippen MR) is 154 cm³/mol. The topological polar surface area (TPSA) is 107 Å². The molecule has 1 aliphatic heterocycles. The normalized spacial score (nSPS) is 18.6. The Hall–Kier alpha value is -4.85. The zero-order valence-corrected chi connectivity index (χ0v) is 23.4. The number of Topliss-reactive ketones (excluding diaryl/α,β-unsaturated/α-hetero) is 1. The van der Waals surface area contributed by atoms with Crippen molar-refractivity contribution in [1.82, 2.24) is 4.90 Å². The highest BCUT2D eigenvalue weighted by Crippen LogP contribution is 2.39. The molecule has 3 aromatic carbocycles. The second-order valence-corrected chi connectivity index (χ2v) is 10.8. The molecule has 1 aliphatic carbocycles. The SMILES string of the molecule is CC1=CCC2C(=O)N(C(Cc3ccccc3)C(=O)OCC(=O)c3ccc(OC(=O)c4ccc(C)cc4)cc3)C(=O)C2C1. The summed E-state index contributed by atoms with van der Waals surface area (Å²) in [5.41, 5.74) is 3.47. The van der Waals surface area contributed by atoms with Crippen LogP contribution in [0.1, 0.15) is 51.6 Å². The van der Waals surface area contributed by atoms with Crippen molar-refractivity contribution in [3.63, 3.8) is 0 Å². The van der Waals surface area contributed by atoms with Crippen LogP contribution in [0.15, 0.2) is 90.5 Å². The maximum Gasteiger partial charge on any atom is 0.343 e. The number of ketones is 1. The molecule has 0 saturated carbocycles. The van der Waals surface area contributed by atoms with Crippen LogP contribution in [0.3, 0.4) is 0 Å². The molecule has 1 saturated heterocycles. The van der Waals surface area contributed by atoms with E-state index in [1.165, 1.54) is 24.3 Å². The van der Waals surface area contributed by atoms with E-state index in [4.69, 9.17) is 9.47 Å². The maximum absolute atomic E-state index is 13.4. The van der Waals surface area contributed by atoms with Crippen LogP contribution >= 0.6 is 0 Å². The van der Waals surface area contributed by atoms with Gasteiger partial charge in [0.1, 0.15) is 11.8 Å². The molecule has 1 fully saturated rings. The average molecular weight is 566 g/mol. The van der Waals surface area contributed by atoms with Gasteiger partial charge >= 0.3 is 11.9 Å². The molecule has 0 radical (unpaired) electrons. The van der Waals surface area contributed by atoms with E-state index >= 15 is 0 Å². The lowest BCUT2D eigenvalue weighted by Gasteiger charge is -2.25. The molecule has 42 heavy (non-hydrogen) atoms. The van der Waals surface area contributed by atoms with Crippen LogP contribution < -0.4 is 4.74 Å². The minimum Gasteiger partial charge on any atom is -0.456 e. The third-order valence-electron chi connectivity index (χ3n) is 7.73. The van der Waals surface area contributed by atoms with Gasteiger partial charge < -0.3 is 9.47 Å². The molecule has 0 bridgehead atoms. The molecule has 3 atom stereocenters. The molecule has 5 rings (SSSR count). The number of imide groups is 1. The van der Waals surface area contributed by atoms with Crippen molar-refractivity contribution in [2.45, 2.75) is 39.2 Å². The molecule has 8 nitrogen and oxygen atoms in total. The summed E-state index contributed by atoms with van der Waals surface area (Å²) in [6, 6.07) is 20.8. The highest BCUT2D eigenvalue weighted by atomic mass is 16.5. The second kappa shape index (κ2) is 12.3. The van der Waals surface area contributed by atoms with E-state index < -0.39 is 42.2 Å². The zero-order chi connectivity index (χ0) is 29.8. The molecule has 1 heterocycles. The Bertz CT molecular complexity index is 1540. The number of hydrogen-bond acceptors (Lipinski definition) is 7. The van der Waals surface area contributed by atoms with Gasteiger partial charge in [0.15, 0.2) is 12.4 Å². The van der Waals surface area contributed by atoms with E-state index in [1.807, 2.05) is 62.4 Å². The quantitative estimate of drug-likeness (QED) is 0.120. The van der Waals surface area contributed by atoms with E-state index in [2.05, 4.69) is 0 Å². The van der Waals surface area contributed by atoms with Gasteiger partial charge in [-0.05, 0) is 68.7 Å². The van der Waals surface area contributed by atoms with Gasteiger partial charge in [-0.25, -0.2) is 9.59 Å². The highest BCUT2D eigenvalue weighted by Gasteiger charge is 2.52. The lowest BCUT2D eigenvalue weighted by Crippen LogP contribution is -2.48. The number of carbonyl (C=O) groups excluding carboxylic acids is 5. The maximum atomic E-state index is 13.4. The Labute approximate surface area is 243 Å². The minimum atomic E-state index is -1.19. The van der Waals surface area contributed by atoms with E-state index in [9.17, 15) is 24.0 Å². The van der Waals surface area contributed by atoms with Crippen LogP contribution in [0.4, 0.5) is 0 Å². The molecular formula is C34H31NO7. The number of allylic oxidation sites excluding steroid dienone is 2. The van der Waals surface area contributed by atoms with Crippen LogP contribution in [0.2, 0.25) is 0 Å². The van der Waals surface area contributed by atoms with Crippen LogP contribution in [0.5, 0.6) is 5.75 Å². The minimum absolute atomic E-state index is 0.0816. The first-order valence-electron chi connectivity index (χ1n) is 13.9. The van der Waals surface area contributed by atoms with Crippen molar-refractivity contribution < 1.29 is 33.4 Å². The lowest BCUT2D eigenvalue weighted by atomic mass is 9.82. The number of fused-ring (bicyclic) bond motifs is 1. The summed E-state index contributed by atoms with van der Waals surface area (Å²) in [6.45, 7) is 3.27. The van der Waals surface area contributed by atoms with Gasteiger partial charge in [-0.2, -0.15) is 0 Å². The molecule has 8 heteroatoms. The second-order valence-electron chi connectivity index (χ2n) is 10.8. The Morgan fingerprint density at radius 3 is 2.17 bits per heavy atom. The van der Waals surface area contributed by atoms with Crippen molar-refractivity contribution in [3.05, 3.63) is 113 Å². The Morgan fingerprint density at radius 1 is 0.833 bits per heavy atom. The molecule has 0 spiro atoms. The summed E-state index contributed by atoms with van der Waals surface area (Å²) in [4.78, 5) is 66.4. The van der Waals surface area contributed by atoms with Crippen LogP contribution in [-0.2, 0) is 25.5 Å². The molecule has 3 aromatic rings. The van der Waals surface area contributed by atoms with Crippen LogP contribution in [0, 0.1) is 18.8 Å². The Balaban J connectivity index is 1.25. The first-order valence-corrected chi connectivity index (χ1v) is 13.9. The van der Waals surface area contributed by atoms with E-state index in [0.29, 0.717) is 18.4 Å². The van der Waals surface area contributed by atoms with E-state index in [1.54, 1.807) is 12.1 Å². The first kappa shape index (κ1) is 28.7. The first-order chi connectivity index (χ1) is 20.2. The summed E-state index contributed by atoms with van der Waals surface area (Å²) in [5.74, 6) is -3.31. The molecule has 0 aromatic heterocycles. The number of esters is 2. The number of ether oxygens (including phenoxy) is 2. The number of carbonyl (C=O) groups is 5. The fraction of sp³-hybridized carbons (Fsp3) is 0.265. The number of likely N-dealkylation sites (tertiary alicyclic amines) is 1. The lowest BCUT2D eigenvalue weighted by molar-refractivity contribution is -0.158. The molecule has 2 aliphatic rings. The fourth-order valence-corrected chi connectivity index (χ4v) is 5.37. The van der Waals surface area contributed by atoms with Crippen molar-refractivity contribution in [3.8, 4) is 5.75 Å². The summed E-state index contributed by atoms with van der Waals surface area (Å²) < 4.78 is 10.8. The zero-order valence-electron chi connectivity index (χ0n) is 23.4. The summed E-state index contributed by atoms with van der Waals surface area (Å²) >= 11 is 0. The third kappa shape index (κ3) is 6.22. The molecule has 214 valence electrons. The van der Waals surface area contributed by atoms with Crippen molar-refractivity contribution in [1.29, 1.82) is 0 Å². The molecule has 3 unspecified atom stereocenters. The Morgan fingerprint density at radius 2 is 1.48 bits per heavy atom. The largest absolute Gasteiger partial charge is 0.456 e. The smallest absolute Gasteiger partial charge is 0.343 e. The van der Waals surface area contributed by atoms with Crippen molar-refractivity contribution in [2.75, 3.05) is 6.61 Å². The summed E-state index contributed by atoms with van der Waals surface area (Å²) in [7, 11) is 0. The number of rotatable bonds is 9. The number of hydrogen-bond donors (Lipinski definition) is 0. The number of aryl methyl sites for hydroxylation is 1. The number of amides is 2. The summed E-state index contributed by atoms with van der Waals surface area (Å²) in [5, 5.41) is 0. The molecule has 2 amide bonds. The predicted octanol–water partition coefficient (Wildman–Crippen LogP) is 4.89. The van der Waals surface area contributed by atoms with E-state index in [0.717, 1.165) is 21.6 Å². The van der Waals surface area contributed by atoms with Gasteiger partial charge in [-0.3, -0.25) is 19.3 Å². The molecular weight excluding hydrogens is 534 g/mol. The average Bonchev–Trinajstić information content (AvgIpc) is 3.24. The third-order valence-corrected chi connectivity index (χ3v) is 7.73. The van der Waals surface area contributed by atoms with Crippen molar-refractivity contribution >= 4 is 29.5 Å². The standard InChI is InChI=1S/C34H31NO7/c1-21-8-11-25(12-9-21)33(39)42-26-15-13-24(14-16-26)30(36)20-41-34(40)29(19-23-6-4-3-5-7-23)35-31(37)27-17-10-22(2)18-28(27)32(35)38/h3-16,27-29H,17-20H2,1-2H3. The molecule has 0 N–H and O–H groups in total. The van der Waals surface area contributed by atoms with Gasteiger partial charge in [0.05, 0.1) is 17.4 Å². The Kier molecular flexibility index (Phi) is 8.43. The van der Waals surface area contributed by atoms with Gasteiger partial charge in [0.2, 0.25) is 11.8 Å².